The van der Waals surface area contributed by atoms with E-state index in [-0.39, 0.29) is 5.15 Å². The van der Waals surface area contributed by atoms with E-state index in [0.717, 1.165) is 16.6 Å². The summed E-state index contributed by atoms with van der Waals surface area (Å²) in [6.45, 7) is 0. The third-order valence-corrected chi connectivity index (χ3v) is 3.62. The van der Waals surface area contributed by atoms with Gasteiger partial charge in [-0.2, -0.15) is 0 Å². The van der Waals surface area contributed by atoms with Gasteiger partial charge in [-0.25, -0.2) is 18.7 Å². The molecule has 0 bridgehead atoms. The minimum Gasteiger partial charge on any atom is -0.281 e. The van der Waals surface area contributed by atoms with Crippen molar-refractivity contribution >= 4 is 27.5 Å². The van der Waals surface area contributed by atoms with Crippen LogP contribution in [-0.4, -0.2) is 14.5 Å². The smallest absolute Gasteiger partial charge is 0.159 e. The fourth-order valence-corrected chi connectivity index (χ4v) is 2.39. The molecule has 0 amide bonds. The van der Waals surface area contributed by atoms with Gasteiger partial charge in [0.2, 0.25) is 0 Å². The molecule has 0 atom stereocenters. The highest BCUT2D eigenvalue weighted by Crippen LogP contribution is 2.30. The molecule has 0 unspecified atom stereocenters. The molecule has 0 saturated heterocycles. The molecule has 0 radical (unpaired) electrons. The number of hydrogen-bond acceptors (Lipinski definition) is 2. The molecular weight excluding hydrogens is 364 g/mol. The Kier molecular flexibility index (Phi) is 3.73. The zero-order valence-electron chi connectivity index (χ0n) is 10.4. The summed E-state index contributed by atoms with van der Waals surface area (Å²) in [4.78, 5) is 8.24. The fourth-order valence-electron chi connectivity index (χ4n) is 1.91. The summed E-state index contributed by atoms with van der Waals surface area (Å²) in [5, 5.41) is 0.186. The van der Waals surface area contributed by atoms with Crippen molar-refractivity contribution in [3.63, 3.8) is 0 Å². The van der Waals surface area contributed by atoms with Crippen LogP contribution < -0.4 is 0 Å². The molecule has 3 nitrogen and oxygen atoms in total. The van der Waals surface area contributed by atoms with Crippen molar-refractivity contribution in [2.75, 3.05) is 0 Å². The second-order valence-electron chi connectivity index (χ2n) is 4.22. The van der Waals surface area contributed by atoms with Crippen LogP contribution in [0.5, 0.6) is 0 Å². The SMILES string of the molecule is Fc1ccc(-c2c(Cl)ncn2-c2ccc(Br)cn2)cc1F. The standard InChI is InChI=1S/C14H7BrClF2N3/c15-9-2-4-12(19-6-9)21-7-20-14(16)13(21)8-1-3-10(17)11(18)5-8/h1-7H. The second-order valence-corrected chi connectivity index (χ2v) is 5.49. The number of halogens is 4. The number of hydrogen-bond donors (Lipinski definition) is 0. The predicted molar refractivity (Wildman–Crippen MR) is 79.4 cm³/mol. The Hall–Kier alpha value is -1.79. The minimum absolute atomic E-state index is 0.186. The maximum atomic E-state index is 13.4. The molecule has 2 aromatic heterocycles. The van der Waals surface area contributed by atoms with Crippen LogP contribution >= 0.6 is 27.5 Å². The predicted octanol–water partition coefficient (Wildman–Crippen LogP) is 4.63. The Bertz CT molecular complexity index is 802. The Balaban J connectivity index is 2.16. The molecule has 0 saturated carbocycles. The zero-order valence-corrected chi connectivity index (χ0v) is 12.7. The summed E-state index contributed by atoms with van der Waals surface area (Å²) in [5.74, 6) is -1.29. The van der Waals surface area contributed by atoms with Gasteiger partial charge in [0.25, 0.3) is 0 Å². The average molecular weight is 371 g/mol. The fraction of sp³-hybridized carbons (Fsp3) is 0. The molecule has 0 aliphatic carbocycles. The van der Waals surface area contributed by atoms with Gasteiger partial charge in [0.1, 0.15) is 12.1 Å². The van der Waals surface area contributed by atoms with Gasteiger partial charge in [-0.15, -0.1) is 0 Å². The molecule has 3 aromatic rings. The van der Waals surface area contributed by atoms with Crippen LogP contribution in [-0.2, 0) is 0 Å². The number of nitrogens with zero attached hydrogens (tertiary/aromatic N) is 3. The number of aromatic nitrogens is 3. The van der Waals surface area contributed by atoms with Crippen LogP contribution in [0.1, 0.15) is 0 Å². The highest BCUT2D eigenvalue weighted by atomic mass is 79.9. The number of imidazole rings is 1. The van der Waals surface area contributed by atoms with Gasteiger partial charge >= 0.3 is 0 Å². The van der Waals surface area contributed by atoms with E-state index < -0.39 is 11.6 Å². The molecule has 0 aliphatic rings. The number of rotatable bonds is 2. The van der Waals surface area contributed by atoms with Crippen molar-refractivity contribution in [1.82, 2.24) is 14.5 Å². The number of benzene rings is 1. The second kappa shape index (κ2) is 5.54. The molecule has 0 aliphatic heterocycles. The lowest BCUT2D eigenvalue weighted by Gasteiger charge is -2.08. The van der Waals surface area contributed by atoms with Crippen molar-refractivity contribution in [2.45, 2.75) is 0 Å². The zero-order chi connectivity index (χ0) is 15.0. The summed E-state index contributed by atoms with van der Waals surface area (Å²) < 4.78 is 28.9. The van der Waals surface area contributed by atoms with E-state index in [2.05, 4.69) is 25.9 Å². The van der Waals surface area contributed by atoms with Gasteiger partial charge in [0.15, 0.2) is 16.8 Å². The van der Waals surface area contributed by atoms with Crippen LogP contribution in [0.4, 0.5) is 8.78 Å². The maximum Gasteiger partial charge on any atom is 0.159 e. The number of pyridine rings is 1. The molecule has 0 spiro atoms. The molecule has 21 heavy (non-hydrogen) atoms. The molecule has 1 aromatic carbocycles. The highest BCUT2D eigenvalue weighted by molar-refractivity contribution is 9.10. The largest absolute Gasteiger partial charge is 0.281 e. The van der Waals surface area contributed by atoms with Crippen molar-refractivity contribution in [1.29, 1.82) is 0 Å². The molecule has 0 N–H and O–H groups in total. The van der Waals surface area contributed by atoms with Crippen LogP contribution in [0.3, 0.4) is 0 Å². The molecule has 106 valence electrons. The lowest BCUT2D eigenvalue weighted by atomic mass is 10.1. The first kappa shape index (κ1) is 14.2. The summed E-state index contributed by atoms with van der Waals surface area (Å²) in [5.41, 5.74) is 0.867. The van der Waals surface area contributed by atoms with Crippen LogP contribution in [0.15, 0.2) is 47.3 Å². The van der Waals surface area contributed by atoms with E-state index in [0.29, 0.717) is 17.1 Å². The average Bonchev–Trinajstić information content (AvgIpc) is 2.85. The Morgan fingerprint density at radius 3 is 2.52 bits per heavy atom. The van der Waals surface area contributed by atoms with Gasteiger partial charge in [-0.05, 0) is 46.3 Å². The first-order valence-corrected chi connectivity index (χ1v) is 7.03. The Labute approximate surface area is 132 Å². The Morgan fingerprint density at radius 1 is 1.05 bits per heavy atom. The summed E-state index contributed by atoms with van der Waals surface area (Å²) in [6.07, 6.45) is 3.10. The van der Waals surface area contributed by atoms with Crippen molar-refractivity contribution in [3.8, 4) is 17.1 Å². The molecular formula is C14H7BrClF2N3. The molecule has 3 rings (SSSR count). The molecule has 2 heterocycles. The third kappa shape index (κ3) is 2.69. The van der Waals surface area contributed by atoms with E-state index in [1.54, 1.807) is 16.8 Å². The monoisotopic (exact) mass is 369 g/mol. The topological polar surface area (TPSA) is 30.7 Å². The summed E-state index contributed by atoms with van der Waals surface area (Å²) in [6, 6.07) is 7.13. The molecule has 7 heteroatoms. The van der Waals surface area contributed by atoms with Crippen LogP contribution in [0.2, 0.25) is 5.15 Å². The third-order valence-electron chi connectivity index (χ3n) is 2.87. The van der Waals surface area contributed by atoms with Crippen LogP contribution in [0, 0.1) is 11.6 Å². The lowest BCUT2D eigenvalue weighted by molar-refractivity contribution is 0.509. The molecule has 0 fully saturated rings. The van der Waals surface area contributed by atoms with Crippen molar-refractivity contribution in [2.24, 2.45) is 0 Å². The summed E-state index contributed by atoms with van der Waals surface area (Å²) >= 11 is 9.37. The van der Waals surface area contributed by atoms with E-state index in [1.165, 1.54) is 12.4 Å². The highest BCUT2D eigenvalue weighted by Gasteiger charge is 2.15. The van der Waals surface area contributed by atoms with E-state index in [4.69, 9.17) is 11.6 Å². The Morgan fingerprint density at radius 2 is 1.86 bits per heavy atom. The van der Waals surface area contributed by atoms with E-state index in [1.807, 2.05) is 6.07 Å². The van der Waals surface area contributed by atoms with Gasteiger partial charge in [0, 0.05) is 16.2 Å². The normalized spacial score (nSPS) is 10.9. The van der Waals surface area contributed by atoms with Crippen molar-refractivity contribution in [3.05, 3.63) is 64.1 Å². The minimum atomic E-state index is -0.944. The maximum absolute atomic E-state index is 13.4. The first-order valence-electron chi connectivity index (χ1n) is 5.86. The van der Waals surface area contributed by atoms with E-state index >= 15 is 0 Å². The van der Waals surface area contributed by atoms with Gasteiger partial charge in [-0.1, -0.05) is 11.6 Å². The van der Waals surface area contributed by atoms with Crippen molar-refractivity contribution < 1.29 is 8.78 Å². The first-order chi connectivity index (χ1) is 10.1. The van der Waals surface area contributed by atoms with Gasteiger partial charge in [-0.3, -0.25) is 4.57 Å². The van der Waals surface area contributed by atoms with Gasteiger partial charge < -0.3 is 0 Å². The van der Waals surface area contributed by atoms with Gasteiger partial charge in [0.05, 0.1) is 5.69 Å². The lowest BCUT2D eigenvalue weighted by Crippen LogP contribution is -1.98. The quantitative estimate of drug-likeness (QED) is 0.658. The summed E-state index contributed by atoms with van der Waals surface area (Å²) in [7, 11) is 0. The van der Waals surface area contributed by atoms with Crippen LogP contribution in [0.25, 0.3) is 17.1 Å². The van der Waals surface area contributed by atoms with E-state index in [9.17, 15) is 8.78 Å².